The number of nitrogens with zero attached hydrogens (tertiary/aromatic N) is 4. The minimum Gasteiger partial charge on any atom is -0.497 e. The van der Waals surface area contributed by atoms with Gasteiger partial charge in [0.25, 0.3) is 0 Å². The average Bonchev–Trinajstić information content (AvgIpc) is 2.82. The number of sulfonamides is 1. The molecule has 2 N–H and O–H groups in total. The van der Waals surface area contributed by atoms with E-state index in [2.05, 4.69) is 34.2 Å². The molecule has 1 aromatic heterocycles. The second kappa shape index (κ2) is 11.6. The Morgan fingerprint density at radius 2 is 1.80 bits per heavy atom. The molecule has 1 unspecified atom stereocenters. The number of pyridine rings is 1. The van der Waals surface area contributed by atoms with Gasteiger partial charge in [0.15, 0.2) is 0 Å². The molecular formula is C25H39N5O4S. The highest BCUT2D eigenvalue weighted by Gasteiger charge is 2.26. The van der Waals surface area contributed by atoms with Crippen LogP contribution < -0.4 is 15.0 Å². The van der Waals surface area contributed by atoms with Gasteiger partial charge in [0.2, 0.25) is 10.0 Å². The molecule has 0 saturated carbocycles. The van der Waals surface area contributed by atoms with E-state index >= 15 is 0 Å². The molecule has 1 aliphatic rings. The van der Waals surface area contributed by atoms with Crippen LogP contribution in [-0.4, -0.2) is 87.9 Å². The second-order valence-corrected chi connectivity index (χ2v) is 11.4. The van der Waals surface area contributed by atoms with Gasteiger partial charge in [-0.3, -0.25) is 0 Å². The zero-order chi connectivity index (χ0) is 25.8. The molecule has 0 aliphatic carbocycles. The van der Waals surface area contributed by atoms with Gasteiger partial charge in [0.05, 0.1) is 23.9 Å². The predicted molar refractivity (Wildman–Crippen MR) is 140 cm³/mol. The standard InChI is InChI=1S/C25H39N5O4S/c1-18-15-22(34-6)16-19(2)25(18)35(32,33)29(5)12-11-24(31)27-20-7-8-23(26-17-20)30-13-9-21(10-14-30)28(3)4/h7-8,15-17,21,24,27,31H,9-14H2,1-6H3. The molecule has 2 aromatic rings. The first kappa shape index (κ1) is 27.2. The van der Waals surface area contributed by atoms with Crippen LogP contribution >= 0.6 is 0 Å². The molecule has 0 radical (unpaired) electrons. The molecular weight excluding hydrogens is 466 g/mol. The fourth-order valence-corrected chi connectivity index (χ4v) is 6.14. The van der Waals surface area contributed by atoms with Crippen LogP contribution in [0.15, 0.2) is 35.4 Å². The summed E-state index contributed by atoms with van der Waals surface area (Å²) in [6, 6.07) is 7.89. The third kappa shape index (κ3) is 6.63. The average molecular weight is 506 g/mol. The summed E-state index contributed by atoms with van der Waals surface area (Å²) in [5.41, 5.74) is 1.95. The van der Waals surface area contributed by atoms with Crippen molar-refractivity contribution in [3.05, 3.63) is 41.6 Å². The van der Waals surface area contributed by atoms with E-state index in [1.165, 1.54) is 11.4 Å². The summed E-state index contributed by atoms with van der Waals surface area (Å²) in [5.74, 6) is 1.55. The Bertz CT molecular complexity index is 1060. The minimum absolute atomic E-state index is 0.160. The number of aliphatic hydroxyl groups is 1. The van der Waals surface area contributed by atoms with Gasteiger partial charge in [0.1, 0.15) is 17.8 Å². The number of nitrogens with one attached hydrogen (secondary N) is 1. The zero-order valence-electron chi connectivity index (χ0n) is 21.7. The van der Waals surface area contributed by atoms with E-state index < -0.39 is 16.3 Å². The molecule has 35 heavy (non-hydrogen) atoms. The number of piperidine rings is 1. The van der Waals surface area contributed by atoms with E-state index in [4.69, 9.17) is 4.74 Å². The van der Waals surface area contributed by atoms with E-state index in [1.807, 2.05) is 12.1 Å². The first-order chi connectivity index (χ1) is 16.5. The highest BCUT2D eigenvalue weighted by molar-refractivity contribution is 7.89. The van der Waals surface area contributed by atoms with Gasteiger partial charge in [-0.25, -0.2) is 17.7 Å². The maximum atomic E-state index is 13.2. The Morgan fingerprint density at radius 3 is 2.31 bits per heavy atom. The van der Waals surface area contributed by atoms with Crippen molar-refractivity contribution >= 4 is 21.5 Å². The topological polar surface area (TPSA) is 98.2 Å². The summed E-state index contributed by atoms with van der Waals surface area (Å²) in [6.45, 7) is 5.62. The van der Waals surface area contributed by atoms with E-state index in [0.29, 0.717) is 28.6 Å². The van der Waals surface area contributed by atoms with Crippen LogP contribution in [0.3, 0.4) is 0 Å². The molecule has 1 atom stereocenters. The van der Waals surface area contributed by atoms with Crippen molar-refractivity contribution in [1.82, 2.24) is 14.2 Å². The molecule has 1 aromatic carbocycles. The van der Waals surface area contributed by atoms with Gasteiger partial charge in [-0.15, -0.1) is 0 Å². The summed E-state index contributed by atoms with van der Waals surface area (Å²) in [7, 11) is 3.63. The molecule has 194 valence electrons. The first-order valence-corrected chi connectivity index (χ1v) is 13.4. The quantitative estimate of drug-likeness (QED) is 0.476. The van der Waals surface area contributed by atoms with Crippen LogP contribution in [-0.2, 0) is 10.0 Å². The van der Waals surface area contributed by atoms with Gasteiger partial charge in [0, 0.05) is 39.1 Å². The van der Waals surface area contributed by atoms with Crippen molar-refractivity contribution in [2.45, 2.75) is 50.3 Å². The Hall–Kier alpha value is -2.40. The summed E-state index contributed by atoms with van der Waals surface area (Å²) in [5, 5.41) is 13.5. The fraction of sp³-hybridized carbons (Fsp3) is 0.560. The van der Waals surface area contributed by atoms with Crippen molar-refractivity contribution in [3.8, 4) is 5.75 Å². The molecule has 1 fully saturated rings. The first-order valence-electron chi connectivity index (χ1n) is 12.0. The number of ether oxygens (including phenoxy) is 1. The normalized spacial score (nSPS) is 16.1. The third-order valence-corrected chi connectivity index (χ3v) is 8.82. The largest absolute Gasteiger partial charge is 0.497 e. The SMILES string of the molecule is COc1cc(C)c(S(=O)(=O)N(C)CCC(O)Nc2ccc(N3CCC(N(C)C)CC3)nc2)c(C)c1. The Morgan fingerprint density at radius 1 is 1.17 bits per heavy atom. The van der Waals surface area contributed by atoms with Crippen LogP contribution in [0.4, 0.5) is 11.5 Å². The number of aliphatic hydroxyl groups excluding tert-OH is 1. The molecule has 0 bridgehead atoms. The second-order valence-electron chi connectivity index (χ2n) is 9.45. The van der Waals surface area contributed by atoms with E-state index in [1.54, 1.807) is 39.3 Å². The lowest BCUT2D eigenvalue weighted by atomic mass is 10.0. The summed E-state index contributed by atoms with van der Waals surface area (Å²) < 4.78 is 32.8. The highest BCUT2D eigenvalue weighted by Crippen LogP contribution is 2.28. The molecule has 10 heteroatoms. The molecule has 1 aliphatic heterocycles. The maximum absolute atomic E-state index is 13.2. The Labute approximate surface area is 209 Å². The number of methoxy groups -OCH3 is 1. The number of anilines is 2. The van der Waals surface area contributed by atoms with Crippen LogP contribution in [0.2, 0.25) is 0 Å². The summed E-state index contributed by atoms with van der Waals surface area (Å²) in [6.07, 6.45) is 3.25. The van der Waals surface area contributed by atoms with Crippen molar-refractivity contribution in [2.75, 3.05) is 58.1 Å². The zero-order valence-corrected chi connectivity index (χ0v) is 22.5. The molecule has 0 amide bonds. The number of hydrogen-bond acceptors (Lipinski definition) is 8. The number of aromatic nitrogens is 1. The monoisotopic (exact) mass is 505 g/mol. The third-order valence-electron chi connectivity index (χ3n) is 6.66. The van der Waals surface area contributed by atoms with Crippen LogP contribution in [0.5, 0.6) is 5.75 Å². The molecule has 9 nitrogen and oxygen atoms in total. The molecule has 0 spiro atoms. The lowest BCUT2D eigenvalue weighted by Gasteiger charge is -2.35. The number of hydrogen-bond donors (Lipinski definition) is 2. The molecule has 1 saturated heterocycles. The predicted octanol–water partition coefficient (Wildman–Crippen LogP) is 2.68. The van der Waals surface area contributed by atoms with Crippen molar-refractivity contribution in [3.63, 3.8) is 0 Å². The lowest BCUT2D eigenvalue weighted by Crippen LogP contribution is -2.42. The van der Waals surface area contributed by atoms with Crippen LogP contribution in [0, 0.1) is 13.8 Å². The number of rotatable bonds is 10. The van der Waals surface area contributed by atoms with E-state index in [9.17, 15) is 13.5 Å². The van der Waals surface area contributed by atoms with Gasteiger partial charge < -0.3 is 25.0 Å². The number of aryl methyl sites for hydroxylation is 2. The molecule has 2 heterocycles. The van der Waals surface area contributed by atoms with Gasteiger partial charge in [-0.05, 0) is 76.2 Å². The van der Waals surface area contributed by atoms with Gasteiger partial charge in [-0.1, -0.05) is 0 Å². The fourth-order valence-electron chi connectivity index (χ4n) is 4.55. The molecule has 3 rings (SSSR count). The van der Waals surface area contributed by atoms with E-state index in [0.717, 1.165) is 31.7 Å². The lowest BCUT2D eigenvalue weighted by molar-refractivity contribution is 0.185. The Balaban J connectivity index is 1.54. The summed E-state index contributed by atoms with van der Waals surface area (Å²) >= 11 is 0. The van der Waals surface area contributed by atoms with E-state index in [-0.39, 0.29) is 17.9 Å². The Kier molecular flexibility index (Phi) is 8.98. The van der Waals surface area contributed by atoms with Gasteiger partial charge >= 0.3 is 0 Å². The summed E-state index contributed by atoms with van der Waals surface area (Å²) in [4.78, 5) is 9.39. The highest BCUT2D eigenvalue weighted by atomic mass is 32.2. The minimum atomic E-state index is -3.70. The number of benzene rings is 1. The smallest absolute Gasteiger partial charge is 0.243 e. The van der Waals surface area contributed by atoms with Crippen LogP contribution in [0.25, 0.3) is 0 Å². The van der Waals surface area contributed by atoms with Crippen molar-refractivity contribution in [1.29, 1.82) is 0 Å². The van der Waals surface area contributed by atoms with Gasteiger partial charge in [-0.2, -0.15) is 0 Å². The van der Waals surface area contributed by atoms with Crippen molar-refractivity contribution < 1.29 is 18.3 Å². The maximum Gasteiger partial charge on any atom is 0.243 e. The van der Waals surface area contributed by atoms with Crippen molar-refractivity contribution in [2.24, 2.45) is 0 Å². The van der Waals surface area contributed by atoms with Crippen LogP contribution in [0.1, 0.15) is 30.4 Å².